The summed E-state index contributed by atoms with van der Waals surface area (Å²) >= 11 is 1.55. The summed E-state index contributed by atoms with van der Waals surface area (Å²) < 4.78 is 22.8. The van der Waals surface area contributed by atoms with Crippen molar-refractivity contribution in [3.8, 4) is 0 Å². The molecule has 6 heteroatoms. The van der Waals surface area contributed by atoms with Crippen LogP contribution >= 0.6 is 11.3 Å². The van der Waals surface area contributed by atoms with E-state index in [1.165, 1.54) is 0 Å². The Hall–Kier alpha value is -0.880. The first-order valence-corrected chi connectivity index (χ1v) is 7.63. The molecule has 1 aliphatic heterocycles. The van der Waals surface area contributed by atoms with Crippen LogP contribution in [0.5, 0.6) is 0 Å². The molecule has 0 atom stereocenters. The Morgan fingerprint density at radius 2 is 2.25 bits per heavy atom. The van der Waals surface area contributed by atoms with E-state index >= 15 is 0 Å². The van der Waals surface area contributed by atoms with Gasteiger partial charge in [0.15, 0.2) is 9.84 Å². The van der Waals surface area contributed by atoms with Gasteiger partial charge in [-0.3, -0.25) is 4.79 Å². The molecule has 2 heterocycles. The lowest BCUT2D eigenvalue weighted by atomic mass is 10.2. The van der Waals surface area contributed by atoms with E-state index in [0.29, 0.717) is 12.8 Å². The fraction of sp³-hybridized carbons (Fsp3) is 0.500. The van der Waals surface area contributed by atoms with Crippen molar-refractivity contribution in [1.82, 2.24) is 0 Å². The first kappa shape index (κ1) is 11.6. The Morgan fingerprint density at radius 3 is 2.94 bits per heavy atom. The number of carbonyl (C=O) groups is 1. The summed E-state index contributed by atoms with van der Waals surface area (Å²) in [4.78, 5) is 12.5. The Bertz CT molecular complexity index is 513. The lowest BCUT2D eigenvalue weighted by Crippen LogP contribution is -2.16. The summed E-state index contributed by atoms with van der Waals surface area (Å²) in [5.41, 5.74) is 0.872. The van der Waals surface area contributed by atoms with Gasteiger partial charge in [-0.05, 0) is 24.5 Å². The van der Waals surface area contributed by atoms with Crippen LogP contribution in [0.3, 0.4) is 0 Å². The molecule has 0 amide bonds. The van der Waals surface area contributed by atoms with E-state index in [-0.39, 0.29) is 17.9 Å². The van der Waals surface area contributed by atoms with Crippen molar-refractivity contribution in [3.63, 3.8) is 0 Å². The Kier molecular flexibility index (Phi) is 3.03. The molecule has 2 rings (SSSR count). The van der Waals surface area contributed by atoms with E-state index in [9.17, 15) is 13.2 Å². The largest absolute Gasteiger partial charge is 0.481 e. The van der Waals surface area contributed by atoms with E-state index in [4.69, 9.17) is 5.11 Å². The number of hydrogen-bond acceptors (Lipinski definition) is 4. The van der Waals surface area contributed by atoms with E-state index in [1.54, 1.807) is 11.3 Å². The third kappa shape index (κ3) is 2.62. The fourth-order valence-electron chi connectivity index (χ4n) is 1.77. The zero-order chi connectivity index (χ0) is 11.8. The number of carboxylic acids is 1. The second-order valence-electron chi connectivity index (χ2n) is 3.90. The normalized spacial score (nSPS) is 18.0. The SMILES string of the molecule is O=C(O)CCc1cc2c(s1)CCS(=O)(=O)C2. The van der Waals surface area contributed by atoms with Gasteiger partial charge in [0.25, 0.3) is 0 Å². The van der Waals surface area contributed by atoms with E-state index < -0.39 is 15.8 Å². The number of rotatable bonds is 3. The first-order valence-electron chi connectivity index (χ1n) is 4.99. The third-order valence-corrected chi connectivity index (χ3v) is 5.42. The number of aliphatic carboxylic acids is 1. The predicted octanol–water partition coefficient (Wildman–Crippen LogP) is 1.24. The Balaban J connectivity index is 2.15. The van der Waals surface area contributed by atoms with Crippen molar-refractivity contribution in [2.75, 3.05) is 5.75 Å². The lowest BCUT2D eigenvalue weighted by molar-refractivity contribution is -0.136. The maximum absolute atomic E-state index is 11.4. The van der Waals surface area contributed by atoms with E-state index in [2.05, 4.69) is 0 Å². The molecule has 1 aliphatic rings. The van der Waals surface area contributed by atoms with Gasteiger partial charge in [0.2, 0.25) is 0 Å². The van der Waals surface area contributed by atoms with Crippen LogP contribution in [0.25, 0.3) is 0 Å². The van der Waals surface area contributed by atoms with Crippen LogP contribution in [0, 0.1) is 0 Å². The molecule has 0 radical (unpaired) electrons. The highest BCUT2D eigenvalue weighted by molar-refractivity contribution is 7.90. The van der Waals surface area contributed by atoms with Gasteiger partial charge >= 0.3 is 5.97 Å². The van der Waals surface area contributed by atoms with E-state index in [1.807, 2.05) is 6.07 Å². The van der Waals surface area contributed by atoms with Crippen molar-refractivity contribution in [1.29, 1.82) is 0 Å². The summed E-state index contributed by atoms with van der Waals surface area (Å²) in [7, 11) is -2.92. The lowest BCUT2D eigenvalue weighted by Gasteiger charge is -2.10. The number of sulfone groups is 1. The summed E-state index contributed by atoms with van der Waals surface area (Å²) in [6.45, 7) is 0. The first-order chi connectivity index (χ1) is 7.46. The highest BCUT2D eigenvalue weighted by atomic mass is 32.2. The molecular formula is C10H12O4S2. The molecule has 16 heavy (non-hydrogen) atoms. The highest BCUT2D eigenvalue weighted by Gasteiger charge is 2.23. The molecule has 0 saturated heterocycles. The number of hydrogen-bond donors (Lipinski definition) is 1. The number of fused-ring (bicyclic) bond motifs is 1. The van der Waals surface area contributed by atoms with Crippen LogP contribution in [0.1, 0.15) is 21.7 Å². The van der Waals surface area contributed by atoms with Crippen LogP contribution in [0.15, 0.2) is 6.07 Å². The Morgan fingerprint density at radius 1 is 1.50 bits per heavy atom. The van der Waals surface area contributed by atoms with Gasteiger partial charge in [0, 0.05) is 9.75 Å². The van der Waals surface area contributed by atoms with Crippen molar-refractivity contribution in [3.05, 3.63) is 21.4 Å². The molecule has 1 aromatic heterocycles. The number of thiophene rings is 1. The maximum Gasteiger partial charge on any atom is 0.303 e. The molecule has 0 unspecified atom stereocenters. The quantitative estimate of drug-likeness (QED) is 0.887. The third-order valence-electron chi connectivity index (χ3n) is 2.55. The van der Waals surface area contributed by atoms with Crippen molar-refractivity contribution >= 4 is 27.1 Å². The minimum Gasteiger partial charge on any atom is -0.481 e. The molecule has 1 aromatic rings. The zero-order valence-corrected chi connectivity index (χ0v) is 10.2. The topological polar surface area (TPSA) is 71.4 Å². The monoisotopic (exact) mass is 260 g/mol. The molecule has 0 bridgehead atoms. The van der Waals surface area contributed by atoms with Gasteiger partial charge in [-0.15, -0.1) is 11.3 Å². The molecule has 0 fully saturated rings. The summed E-state index contributed by atoms with van der Waals surface area (Å²) in [6, 6.07) is 1.85. The van der Waals surface area contributed by atoms with Crippen molar-refractivity contribution in [2.24, 2.45) is 0 Å². The van der Waals surface area contributed by atoms with Gasteiger partial charge in [0.05, 0.1) is 17.9 Å². The van der Waals surface area contributed by atoms with Gasteiger partial charge < -0.3 is 5.11 Å². The molecule has 4 nitrogen and oxygen atoms in total. The van der Waals surface area contributed by atoms with Crippen LogP contribution < -0.4 is 0 Å². The highest BCUT2D eigenvalue weighted by Crippen LogP contribution is 2.29. The molecule has 0 aromatic carbocycles. The van der Waals surface area contributed by atoms with Crippen LogP contribution in [-0.2, 0) is 33.2 Å². The molecule has 0 spiro atoms. The van der Waals surface area contributed by atoms with Crippen LogP contribution in [-0.4, -0.2) is 25.2 Å². The number of aryl methyl sites for hydroxylation is 2. The second kappa shape index (κ2) is 4.18. The smallest absolute Gasteiger partial charge is 0.303 e. The minimum atomic E-state index is -2.92. The zero-order valence-electron chi connectivity index (χ0n) is 8.60. The predicted molar refractivity (Wildman–Crippen MR) is 61.5 cm³/mol. The summed E-state index contributed by atoms with van der Waals surface area (Å²) in [5.74, 6) is -0.482. The van der Waals surface area contributed by atoms with Crippen molar-refractivity contribution < 1.29 is 18.3 Å². The Labute approximate surface area is 97.8 Å². The van der Waals surface area contributed by atoms with Crippen LogP contribution in [0.4, 0.5) is 0 Å². The average Bonchev–Trinajstić information content (AvgIpc) is 2.55. The molecule has 1 N–H and O–H groups in total. The summed E-state index contributed by atoms with van der Waals surface area (Å²) in [5, 5.41) is 8.57. The molecule has 0 saturated carbocycles. The van der Waals surface area contributed by atoms with Gasteiger partial charge in [-0.25, -0.2) is 8.42 Å². The van der Waals surface area contributed by atoms with E-state index in [0.717, 1.165) is 15.3 Å². The standard InChI is InChI=1S/C10H12O4S2/c11-10(12)2-1-8-5-7-6-16(13,14)4-3-9(7)15-8/h5H,1-4,6H2,(H,11,12). The van der Waals surface area contributed by atoms with Gasteiger partial charge in [-0.2, -0.15) is 0 Å². The average molecular weight is 260 g/mol. The maximum atomic E-state index is 11.4. The van der Waals surface area contributed by atoms with Gasteiger partial charge in [-0.1, -0.05) is 0 Å². The number of carboxylic acid groups (broad SMARTS) is 1. The van der Waals surface area contributed by atoms with Crippen molar-refractivity contribution in [2.45, 2.75) is 25.0 Å². The minimum absolute atomic E-state index is 0.103. The molecular weight excluding hydrogens is 248 g/mol. The second-order valence-corrected chi connectivity index (χ2v) is 7.30. The molecule has 88 valence electrons. The fourth-order valence-corrected chi connectivity index (χ4v) is 4.57. The molecule has 0 aliphatic carbocycles. The van der Waals surface area contributed by atoms with Crippen LogP contribution in [0.2, 0.25) is 0 Å². The van der Waals surface area contributed by atoms with Gasteiger partial charge in [0.1, 0.15) is 0 Å². The summed E-state index contributed by atoms with van der Waals surface area (Å²) in [6.07, 6.45) is 1.18.